The first-order valence-electron chi connectivity index (χ1n) is 8.23. The van der Waals surface area contributed by atoms with Crippen LogP contribution in [-0.2, 0) is 9.59 Å². The third-order valence-corrected chi connectivity index (χ3v) is 4.14. The molecule has 0 aliphatic heterocycles. The number of hydroxylamine groups is 1. The van der Waals surface area contributed by atoms with Crippen LogP contribution in [0.4, 0.5) is 0 Å². The highest BCUT2D eigenvalue weighted by Gasteiger charge is 2.33. The van der Waals surface area contributed by atoms with E-state index >= 15 is 0 Å². The molecule has 0 saturated heterocycles. The largest absolute Gasteiger partial charge is 0.411 e. The molecule has 3 amide bonds. The van der Waals surface area contributed by atoms with Crippen LogP contribution in [0.2, 0.25) is 0 Å². The molecule has 0 radical (unpaired) electrons. The number of hydrogen-bond donors (Lipinski definition) is 4. The monoisotopic (exact) mass is 384 g/mol. The molecule has 28 heavy (non-hydrogen) atoms. The van der Waals surface area contributed by atoms with Crippen molar-refractivity contribution in [3.05, 3.63) is 59.7 Å². The summed E-state index contributed by atoms with van der Waals surface area (Å²) in [7, 11) is 2.62. The van der Waals surface area contributed by atoms with Gasteiger partial charge in [-0.05, 0) is 28.8 Å². The standard InChI is InChI=1S/C19H20N4O5/c1-20-17(24)16(18(25)22-28)23(2)19(26)15-9-7-14(8-10-15)13-5-3-12(4-6-13)11-21-27/h3-11,16,27-28H,1-2H3,(H,20,24)(H,22,25)/b21-11+. The fourth-order valence-corrected chi connectivity index (χ4v) is 2.62. The van der Waals surface area contributed by atoms with Gasteiger partial charge in [0.05, 0.1) is 6.21 Å². The predicted octanol–water partition coefficient (Wildman–Crippen LogP) is 0.854. The van der Waals surface area contributed by atoms with Gasteiger partial charge in [-0.15, -0.1) is 0 Å². The van der Waals surface area contributed by atoms with E-state index < -0.39 is 23.8 Å². The van der Waals surface area contributed by atoms with Crippen molar-refractivity contribution < 1.29 is 24.8 Å². The van der Waals surface area contributed by atoms with Crippen molar-refractivity contribution >= 4 is 23.9 Å². The van der Waals surface area contributed by atoms with Gasteiger partial charge >= 0.3 is 0 Å². The summed E-state index contributed by atoms with van der Waals surface area (Å²) in [6, 6.07) is 12.4. The zero-order valence-corrected chi connectivity index (χ0v) is 15.3. The van der Waals surface area contributed by atoms with Crippen LogP contribution in [0, 0.1) is 0 Å². The van der Waals surface area contributed by atoms with Gasteiger partial charge in [0.1, 0.15) is 0 Å². The van der Waals surface area contributed by atoms with E-state index in [1.165, 1.54) is 25.8 Å². The molecular formula is C19H20N4O5. The van der Waals surface area contributed by atoms with Gasteiger partial charge in [0.15, 0.2) is 6.04 Å². The lowest BCUT2D eigenvalue weighted by Gasteiger charge is -2.25. The van der Waals surface area contributed by atoms with E-state index in [0.29, 0.717) is 0 Å². The SMILES string of the molecule is CNC(=O)C(C(=O)NO)N(C)C(=O)c1ccc(-c2ccc(/C=N/O)cc2)cc1. The Morgan fingerprint density at radius 1 is 1.00 bits per heavy atom. The predicted molar refractivity (Wildman–Crippen MR) is 101 cm³/mol. The quantitative estimate of drug-likeness (QED) is 0.193. The average Bonchev–Trinajstić information content (AvgIpc) is 2.73. The van der Waals surface area contributed by atoms with E-state index in [4.69, 9.17) is 10.4 Å². The van der Waals surface area contributed by atoms with Gasteiger partial charge in [0.25, 0.3) is 17.7 Å². The molecule has 2 aromatic carbocycles. The average molecular weight is 384 g/mol. The lowest BCUT2D eigenvalue weighted by atomic mass is 10.0. The van der Waals surface area contributed by atoms with E-state index in [2.05, 4.69) is 10.5 Å². The Morgan fingerprint density at radius 2 is 1.54 bits per heavy atom. The Labute approximate surface area is 161 Å². The van der Waals surface area contributed by atoms with E-state index in [1.807, 2.05) is 12.1 Å². The molecule has 0 aliphatic carbocycles. The maximum Gasteiger partial charge on any atom is 0.275 e. The lowest BCUT2D eigenvalue weighted by molar-refractivity contribution is -0.140. The number of likely N-dealkylation sites (N-methyl/N-ethyl adjacent to an activating group) is 2. The fourth-order valence-electron chi connectivity index (χ4n) is 2.62. The van der Waals surface area contributed by atoms with Gasteiger partial charge in [0, 0.05) is 19.7 Å². The Hall–Kier alpha value is -3.72. The van der Waals surface area contributed by atoms with Gasteiger partial charge in [-0.25, -0.2) is 5.48 Å². The molecule has 1 atom stereocenters. The van der Waals surface area contributed by atoms with Crippen LogP contribution in [0.25, 0.3) is 11.1 Å². The molecule has 0 aromatic heterocycles. The number of benzene rings is 2. The van der Waals surface area contributed by atoms with Crippen LogP contribution >= 0.6 is 0 Å². The van der Waals surface area contributed by atoms with Crippen molar-refractivity contribution in [3.8, 4) is 11.1 Å². The molecule has 2 aromatic rings. The summed E-state index contributed by atoms with van der Waals surface area (Å²) in [5, 5.41) is 22.6. The summed E-state index contributed by atoms with van der Waals surface area (Å²) in [4.78, 5) is 37.2. The molecule has 0 spiro atoms. The normalized spacial score (nSPS) is 11.7. The van der Waals surface area contributed by atoms with Gasteiger partial charge in [-0.2, -0.15) is 0 Å². The van der Waals surface area contributed by atoms with Crippen molar-refractivity contribution in [1.29, 1.82) is 0 Å². The van der Waals surface area contributed by atoms with Gasteiger partial charge in [-0.3, -0.25) is 19.6 Å². The second-order valence-corrected chi connectivity index (χ2v) is 5.85. The minimum absolute atomic E-state index is 0.273. The molecule has 0 aliphatic rings. The maximum atomic E-state index is 12.6. The zero-order chi connectivity index (χ0) is 20.7. The highest BCUT2D eigenvalue weighted by atomic mass is 16.5. The van der Waals surface area contributed by atoms with Gasteiger partial charge < -0.3 is 15.4 Å². The molecule has 146 valence electrons. The summed E-state index contributed by atoms with van der Waals surface area (Å²) in [6.45, 7) is 0. The number of hydrogen-bond acceptors (Lipinski definition) is 6. The van der Waals surface area contributed by atoms with Crippen LogP contribution in [0.5, 0.6) is 0 Å². The van der Waals surface area contributed by atoms with Crippen LogP contribution in [-0.4, -0.2) is 59.4 Å². The summed E-state index contributed by atoms with van der Waals surface area (Å²) in [5.41, 5.74) is 4.15. The number of nitrogens with zero attached hydrogens (tertiary/aromatic N) is 2. The highest BCUT2D eigenvalue weighted by Crippen LogP contribution is 2.21. The van der Waals surface area contributed by atoms with E-state index in [0.717, 1.165) is 21.6 Å². The third kappa shape index (κ3) is 4.51. The van der Waals surface area contributed by atoms with Gasteiger partial charge in [0.2, 0.25) is 0 Å². The number of amides is 3. The number of carbonyl (C=O) groups excluding carboxylic acids is 3. The number of nitrogens with one attached hydrogen (secondary N) is 2. The van der Waals surface area contributed by atoms with Crippen LogP contribution in [0.15, 0.2) is 53.7 Å². The minimum atomic E-state index is -1.51. The van der Waals surface area contributed by atoms with Crippen molar-refractivity contribution in [2.24, 2.45) is 5.16 Å². The first kappa shape index (κ1) is 20.6. The Bertz CT molecular complexity index is 862. The van der Waals surface area contributed by atoms with Crippen molar-refractivity contribution in [3.63, 3.8) is 0 Å². The highest BCUT2D eigenvalue weighted by molar-refractivity contribution is 6.08. The Kier molecular flexibility index (Phi) is 6.83. The van der Waals surface area contributed by atoms with Gasteiger partial charge in [-0.1, -0.05) is 41.6 Å². The summed E-state index contributed by atoms with van der Waals surface area (Å²) in [5.74, 6) is -2.30. The summed E-state index contributed by atoms with van der Waals surface area (Å²) in [6.07, 6.45) is 1.31. The molecule has 1 unspecified atom stereocenters. The lowest BCUT2D eigenvalue weighted by Crippen LogP contribution is -2.54. The van der Waals surface area contributed by atoms with E-state index in [1.54, 1.807) is 36.4 Å². The molecule has 0 fully saturated rings. The Morgan fingerprint density at radius 3 is 2.00 bits per heavy atom. The molecule has 0 bridgehead atoms. The fraction of sp³-hybridized carbons (Fsp3) is 0.158. The number of carbonyl (C=O) groups is 3. The topological polar surface area (TPSA) is 131 Å². The first-order valence-corrected chi connectivity index (χ1v) is 8.23. The number of oxime groups is 1. The molecule has 9 heteroatoms. The van der Waals surface area contributed by atoms with Crippen LogP contribution in [0.1, 0.15) is 15.9 Å². The molecule has 4 N–H and O–H groups in total. The molecule has 9 nitrogen and oxygen atoms in total. The summed E-state index contributed by atoms with van der Waals surface area (Å²) >= 11 is 0. The van der Waals surface area contributed by atoms with E-state index in [-0.39, 0.29) is 5.56 Å². The minimum Gasteiger partial charge on any atom is -0.411 e. The molecule has 0 saturated carbocycles. The second kappa shape index (κ2) is 9.28. The van der Waals surface area contributed by atoms with E-state index in [9.17, 15) is 14.4 Å². The maximum absolute atomic E-state index is 12.6. The van der Waals surface area contributed by atoms with Crippen molar-refractivity contribution in [1.82, 2.24) is 15.7 Å². The smallest absolute Gasteiger partial charge is 0.275 e. The third-order valence-electron chi connectivity index (χ3n) is 4.14. The zero-order valence-electron chi connectivity index (χ0n) is 15.3. The molecule has 0 heterocycles. The molecule has 2 rings (SSSR count). The van der Waals surface area contributed by atoms with Crippen LogP contribution < -0.4 is 10.8 Å². The second-order valence-electron chi connectivity index (χ2n) is 5.85. The van der Waals surface area contributed by atoms with Crippen LogP contribution in [0.3, 0.4) is 0 Å². The Balaban J connectivity index is 2.22. The van der Waals surface area contributed by atoms with Crippen molar-refractivity contribution in [2.45, 2.75) is 6.04 Å². The molecular weight excluding hydrogens is 364 g/mol. The number of rotatable bonds is 6. The summed E-state index contributed by atoms with van der Waals surface area (Å²) < 4.78 is 0. The van der Waals surface area contributed by atoms with Crippen molar-refractivity contribution in [2.75, 3.05) is 14.1 Å². The first-order chi connectivity index (χ1) is 13.4.